The topological polar surface area (TPSA) is 87.7 Å². The van der Waals surface area contributed by atoms with Crippen LogP contribution in [0.4, 0.5) is 0 Å². The molecule has 0 aliphatic carbocycles. The molecule has 0 aliphatic rings. The van der Waals surface area contributed by atoms with Gasteiger partial charge in [0.1, 0.15) is 5.82 Å². The van der Waals surface area contributed by atoms with Crippen LogP contribution >= 0.6 is 0 Å². The molecule has 0 radical (unpaired) electrons. The lowest BCUT2D eigenvalue weighted by Gasteiger charge is -2.11. The Bertz CT molecular complexity index is 419. The minimum Gasteiger partial charge on any atom is -0.347 e. The number of amides is 1. The van der Waals surface area contributed by atoms with Crippen molar-refractivity contribution >= 4 is 16.7 Å². The minimum atomic E-state index is -0.833. The number of H-pyrrole nitrogens is 1. The largest absolute Gasteiger partial charge is 0.347 e. The standard InChI is InChI=1S/C11H20N4O2S/c1-4-5-9-13-10(15-14-9)11(16)12-8(2)6-7-18(3)17/h8H,4-7H2,1-3H3,(H,12,16)(H,13,14,15). The van der Waals surface area contributed by atoms with Gasteiger partial charge in [-0.15, -0.1) is 5.10 Å². The van der Waals surface area contributed by atoms with Gasteiger partial charge in [-0.05, 0) is 19.8 Å². The number of rotatable bonds is 7. The number of aryl methyl sites for hydroxylation is 1. The molecule has 102 valence electrons. The number of hydrogen-bond acceptors (Lipinski definition) is 4. The van der Waals surface area contributed by atoms with Gasteiger partial charge in [0.05, 0.1) is 0 Å². The summed E-state index contributed by atoms with van der Waals surface area (Å²) in [6.07, 6.45) is 4.07. The van der Waals surface area contributed by atoms with Crippen molar-refractivity contribution in [3.63, 3.8) is 0 Å². The van der Waals surface area contributed by atoms with Gasteiger partial charge < -0.3 is 5.32 Å². The zero-order valence-electron chi connectivity index (χ0n) is 11.0. The smallest absolute Gasteiger partial charge is 0.291 e. The molecule has 1 heterocycles. The van der Waals surface area contributed by atoms with Crippen molar-refractivity contribution in [1.29, 1.82) is 0 Å². The van der Waals surface area contributed by atoms with Crippen molar-refractivity contribution in [1.82, 2.24) is 20.5 Å². The third-order valence-corrected chi connectivity index (χ3v) is 3.25. The van der Waals surface area contributed by atoms with Crippen LogP contribution in [0.15, 0.2) is 0 Å². The highest BCUT2D eigenvalue weighted by atomic mass is 32.2. The molecule has 0 saturated carbocycles. The second-order valence-electron chi connectivity index (χ2n) is 4.30. The summed E-state index contributed by atoms with van der Waals surface area (Å²) in [5.74, 6) is 1.19. The van der Waals surface area contributed by atoms with Gasteiger partial charge in [0.15, 0.2) is 0 Å². The predicted molar refractivity (Wildman–Crippen MR) is 70.9 cm³/mol. The SMILES string of the molecule is CCCc1nc(C(=O)NC(C)CCS(C)=O)n[nH]1. The van der Waals surface area contributed by atoms with E-state index in [1.807, 2.05) is 13.8 Å². The maximum Gasteiger partial charge on any atom is 0.291 e. The summed E-state index contributed by atoms with van der Waals surface area (Å²) in [6, 6.07) is -0.0328. The second kappa shape index (κ2) is 7.25. The molecule has 1 rings (SSSR count). The van der Waals surface area contributed by atoms with Gasteiger partial charge in [-0.1, -0.05) is 6.92 Å². The number of hydrogen-bond donors (Lipinski definition) is 2. The van der Waals surface area contributed by atoms with Crippen LogP contribution < -0.4 is 5.32 Å². The molecule has 1 aromatic heterocycles. The molecule has 7 heteroatoms. The summed E-state index contributed by atoms with van der Waals surface area (Å²) >= 11 is 0. The molecule has 0 saturated heterocycles. The molecule has 6 nitrogen and oxygen atoms in total. The van der Waals surface area contributed by atoms with Crippen LogP contribution in [0.5, 0.6) is 0 Å². The number of nitrogens with one attached hydrogen (secondary N) is 2. The van der Waals surface area contributed by atoms with Crippen LogP contribution in [-0.4, -0.2) is 43.3 Å². The molecule has 0 bridgehead atoms. The van der Waals surface area contributed by atoms with Crippen molar-refractivity contribution < 1.29 is 9.00 Å². The Morgan fingerprint density at radius 1 is 1.56 bits per heavy atom. The fraction of sp³-hybridized carbons (Fsp3) is 0.727. The van der Waals surface area contributed by atoms with Crippen LogP contribution in [-0.2, 0) is 17.2 Å². The van der Waals surface area contributed by atoms with E-state index in [1.165, 1.54) is 0 Å². The van der Waals surface area contributed by atoms with E-state index in [-0.39, 0.29) is 17.8 Å². The van der Waals surface area contributed by atoms with E-state index in [4.69, 9.17) is 0 Å². The van der Waals surface area contributed by atoms with Gasteiger partial charge in [0.2, 0.25) is 5.82 Å². The van der Waals surface area contributed by atoms with Crippen molar-refractivity contribution in [2.45, 2.75) is 39.2 Å². The van der Waals surface area contributed by atoms with Crippen LogP contribution in [0.25, 0.3) is 0 Å². The van der Waals surface area contributed by atoms with E-state index in [9.17, 15) is 9.00 Å². The molecule has 2 atom stereocenters. The Hall–Kier alpha value is -1.24. The summed E-state index contributed by atoms with van der Waals surface area (Å²) in [5.41, 5.74) is 0. The highest BCUT2D eigenvalue weighted by Crippen LogP contribution is 1.99. The lowest BCUT2D eigenvalue weighted by atomic mass is 10.2. The molecular formula is C11H20N4O2S. The maximum absolute atomic E-state index is 11.8. The van der Waals surface area contributed by atoms with Crippen molar-refractivity contribution in [2.24, 2.45) is 0 Å². The molecule has 1 aromatic rings. The number of nitrogens with zero attached hydrogens (tertiary/aromatic N) is 2. The van der Waals surface area contributed by atoms with E-state index in [1.54, 1.807) is 6.26 Å². The zero-order valence-corrected chi connectivity index (χ0v) is 11.8. The van der Waals surface area contributed by atoms with Gasteiger partial charge in [-0.2, -0.15) is 0 Å². The Labute approximate surface area is 109 Å². The molecule has 18 heavy (non-hydrogen) atoms. The maximum atomic E-state index is 11.8. The molecule has 0 fully saturated rings. The normalized spacial score (nSPS) is 14.2. The summed E-state index contributed by atoms with van der Waals surface area (Å²) in [6.45, 7) is 3.92. The first kappa shape index (κ1) is 14.8. The third kappa shape index (κ3) is 4.95. The lowest BCUT2D eigenvalue weighted by molar-refractivity contribution is 0.0929. The highest BCUT2D eigenvalue weighted by molar-refractivity contribution is 7.84. The van der Waals surface area contributed by atoms with Crippen molar-refractivity contribution in [3.8, 4) is 0 Å². The van der Waals surface area contributed by atoms with Gasteiger partial charge in [-0.3, -0.25) is 14.1 Å². The number of aromatic amines is 1. The van der Waals surface area contributed by atoms with E-state index in [0.717, 1.165) is 18.7 Å². The van der Waals surface area contributed by atoms with Crippen LogP contribution in [0.2, 0.25) is 0 Å². The molecule has 0 aromatic carbocycles. The molecule has 0 spiro atoms. The third-order valence-electron chi connectivity index (χ3n) is 2.44. The summed E-state index contributed by atoms with van der Waals surface area (Å²) in [5, 5.41) is 9.40. The number of carbonyl (C=O) groups excluding carboxylic acids is 1. The van der Waals surface area contributed by atoms with E-state index >= 15 is 0 Å². The predicted octanol–water partition coefficient (Wildman–Crippen LogP) is 0.644. The second-order valence-corrected chi connectivity index (χ2v) is 5.85. The average Bonchev–Trinajstić information content (AvgIpc) is 2.75. The Balaban J connectivity index is 2.45. The Kier molecular flexibility index (Phi) is 5.97. The van der Waals surface area contributed by atoms with Crippen molar-refractivity contribution in [2.75, 3.05) is 12.0 Å². The molecule has 2 N–H and O–H groups in total. The van der Waals surface area contributed by atoms with Gasteiger partial charge in [-0.25, -0.2) is 4.98 Å². The van der Waals surface area contributed by atoms with Gasteiger partial charge in [0, 0.05) is 35.3 Å². The van der Waals surface area contributed by atoms with E-state index < -0.39 is 10.8 Å². The highest BCUT2D eigenvalue weighted by Gasteiger charge is 2.14. The fourth-order valence-electron chi connectivity index (χ4n) is 1.45. The molecular weight excluding hydrogens is 252 g/mol. The van der Waals surface area contributed by atoms with Gasteiger partial charge >= 0.3 is 0 Å². The number of aromatic nitrogens is 3. The monoisotopic (exact) mass is 272 g/mol. The zero-order chi connectivity index (χ0) is 13.5. The fourth-order valence-corrected chi connectivity index (χ4v) is 2.13. The average molecular weight is 272 g/mol. The Morgan fingerprint density at radius 2 is 2.28 bits per heavy atom. The first-order valence-corrected chi connectivity index (χ1v) is 7.77. The molecule has 0 aliphatic heterocycles. The van der Waals surface area contributed by atoms with E-state index in [0.29, 0.717) is 12.2 Å². The van der Waals surface area contributed by atoms with Crippen LogP contribution in [0.3, 0.4) is 0 Å². The quantitative estimate of drug-likeness (QED) is 0.762. The first-order chi connectivity index (χ1) is 8.52. The molecule has 2 unspecified atom stereocenters. The van der Waals surface area contributed by atoms with Crippen LogP contribution in [0, 0.1) is 0 Å². The Morgan fingerprint density at radius 3 is 2.89 bits per heavy atom. The lowest BCUT2D eigenvalue weighted by Crippen LogP contribution is -2.34. The van der Waals surface area contributed by atoms with E-state index in [2.05, 4.69) is 20.5 Å². The van der Waals surface area contributed by atoms with Crippen LogP contribution in [0.1, 0.15) is 43.1 Å². The number of carbonyl (C=O) groups is 1. The summed E-state index contributed by atoms with van der Waals surface area (Å²) < 4.78 is 10.9. The summed E-state index contributed by atoms with van der Waals surface area (Å²) in [4.78, 5) is 15.9. The first-order valence-electron chi connectivity index (χ1n) is 6.05. The minimum absolute atomic E-state index is 0.0328. The molecule has 1 amide bonds. The summed E-state index contributed by atoms with van der Waals surface area (Å²) in [7, 11) is -0.833. The van der Waals surface area contributed by atoms with Crippen molar-refractivity contribution in [3.05, 3.63) is 11.6 Å². The van der Waals surface area contributed by atoms with Gasteiger partial charge in [0.25, 0.3) is 5.91 Å².